The molecule has 3 rings (SSSR count). The van der Waals surface area contributed by atoms with Crippen molar-refractivity contribution in [3.8, 4) is 17.9 Å². The molecule has 2 atom stereocenters. The molecule has 0 bridgehead atoms. The summed E-state index contributed by atoms with van der Waals surface area (Å²) in [6, 6.07) is 16.6. The second kappa shape index (κ2) is 6.47. The zero-order valence-corrected chi connectivity index (χ0v) is 14.2. The molecule has 0 saturated heterocycles. The first-order valence-corrected chi connectivity index (χ1v) is 8.09. The monoisotopic (exact) mass is 333 g/mol. The summed E-state index contributed by atoms with van der Waals surface area (Å²) >= 11 is 0. The first-order chi connectivity index (χ1) is 12.0. The zero-order valence-electron chi connectivity index (χ0n) is 14.2. The van der Waals surface area contributed by atoms with E-state index in [-0.39, 0.29) is 6.42 Å². The van der Waals surface area contributed by atoms with Crippen LogP contribution in [0.3, 0.4) is 0 Å². The average molecular weight is 333 g/mol. The van der Waals surface area contributed by atoms with Crippen molar-refractivity contribution in [2.75, 3.05) is 5.32 Å². The third kappa shape index (κ3) is 3.15. The van der Waals surface area contributed by atoms with Crippen LogP contribution in [-0.4, -0.2) is 16.8 Å². The Labute approximate surface area is 147 Å². The molecule has 2 aromatic rings. The quantitative estimate of drug-likeness (QED) is 0.899. The smallest absolute Gasteiger partial charge is 0.132 e. The minimum Gasteiger partial charge on any atom is -0.485 e. The largest absolute Gasteiger partial charge is 0.485 e. The molecule has 5 heteroatoms. The highest BCUT2D eigenvalue weighted by Gasteiger charge is 2.43. The number of nitriles is 2. The summed E-state index contributed by atoms with van der Waals surface area (Å²) in [6.45, 7) is 3.66. The van der Waals surface area contributed by atoms with Crippen molar-refractivity contribution in [2.45, 2.75) is 38.0 Å². The fourth-order valence-electron chi connectivity index (χ4n) is 3.09. The molecule has 0 unspecified atom stereocenters. The van der Waals surface area contributed by atoms with Gasteiger partial charge in [0.05, 0.1) is 30.2 Å². The van der Waals surface area contributed by atoms with Gasteiger partial charge in [-0.1, -0.05) is 18.2 Å². The fourth-order valence-corrected chi connectivity index (χ4v) is 3.09. The number of hydrogen-bond donors (Lipinski definition) is 2. The Kier molecular flexibility index (Phi) is 4.35. The van der Waals surface area contributed by atoms with E-state index < -0.39 is 17.7 Å². The average Bonchev–Trinajstić information content (AvgIpc) is 2.60. The molecule has 25 heavy (non-hydrogen) atoms. The van der Waals surface area contributed by atoms with E-state index in [9.17, 15) is 10.4 Å². The lowest BCUT2D eigenvalue weighted by molar-refractivity contribution is -0.0532. The van der Waals surface area contributed by atoms with Gasteiger partial charge < -0.3 is 15.2 Å². The summed E-state index contributed by atoms with van der Waals surface area (Å²) in [5.41, 5.74) is 2.10. The normalized spacial score (nSPS) is 20.5. The van der Waals surface area contributed by atoms with Crippen LogP contribution >= 0.6 is 0 Å². The van der Waals surface area contributed by atoms with E-state index >= 15 is 0 Å². The maximum atomic E-state index is 10.9. The Morgan fingerprint density at radius 3 is 2.68 bits per heavy atom. The molecule has 0 spiro atoms. The minimum absolute atomic E-state index is 0.275. The lowest BCUT2D eigenvalue weighted by atomic mass is 9.85. The van der Waals surface area contributed by atoms with Crippen molar-refractivity contribution in [3.63, 3.8) is 0 Å². The van der Waals surface area contributed by atoms with Gasteiger partial charge in [0, 0.05) is 11.3 Å². The fraction of sp³-hybridized carbons (Fsp3) is 0.300. The van der Waals surface area contributed by atoms with Gasteiger partial charge in [-0.25, -0.2) is 0 Å². The zero-order chi connectivity index (χ0) is 18.0. The summed E-state index contributed by atoms with van der Waals surface area (Å²) in [7, 11) is 0. The maximum Gasteiger partial charge on any atom is 0.132 e. The molecule has 2 aromatic carbocycles. The Morgan fingerprint density at radius 1 is 1.20 bits per heavy atom. The summed E-state index contributed by atoms with van der Waals surface area (Å²) in [5.74, 6) is 0.643. The van der Waals surface area contributed by atoms with Gasteiger partial charge in [0.1, 0.15) is 17.5 Å². The molecule has 1 aliphatic rings. The van der Waals surface area contributed by atoms with E-state index in [4.69, 9.17) is 10.00 Å². The van der Waals surface area contributed by atoms with Crippen molar-refractivity contribution in [1.82, 2.24) is 0 Å². The maximum absolute atomic E-state index is 10.9. The van der Waals surface area contributed by atoms with Gasteiger partial charge in [-0.3, -0.25) is 0 Å². The van der Waals surface area contributed by atoms with E-state index in [2.05, 4.69) is 17.5 Å². The van der Waals surface area contributed by atoms with Crippen LogP contribution < -0.4 is 10.1 Å². The molecular weight excluding hydrogens is 314 g/mol. The van der Waals surface area contributed by atoms with Crippen molar-refractivity contribution in [2.24, 2.45) is 0 Å². The van der Waals surface area contributed by atoms with E-state index in [0.29, 0.717) is 11.3 Å². The van der Waals surface area contributed by atoms with Crippen LogP contribution in [0.2, 0.25) is 0 Å². The molecule has 0 fully saturated rings. The van der Waals surface area contributed by atoms with Gasteiger partial charge in [-0.15, -0.1) is 0 Å². The number of nitrogens with zero attached hydrogens (tertiary/aromatic N) is 2. The summed E-state index contributed by atoms with van der Waals surface area (Å²) in [5, 5.41) is 32.4. The molecule has 0 amide bonds. The molecule has 126 valence electrons. The first-order valence-electron chi connectivity index (χ1n) is 8.09. The number of nitrogens with one attached hydrogen (secondary N) is 1. The van der Waals surface area contributed by atoms with E-state index in [1.165, 1.54) is 0 Å². The number of anilines is 1. The van der Waals surface area contributed by atoms with Gasteiger partial charge in [0.2, 0.25) is 0 Å². The molecule has 1 heterocycles. The number of para-hydroxylation sites is 1. The minimum atomic E-state index is -0.830. The third-order valence-corrected chi connectivity index (χ3v) is 4.47. The van der Waals surface area contributed by atoms with Crippen LogP contribution in [0.25, 0.3) is 0 Å². The Hall–Kier alpha value is -3.02. The van der Waals surface area contributed by atoms with Gasteiger partial charge >= 0.3 is 0 Å². The standard InChI is InChI=1S/C20H19N3O2/c1-20(2)19(24)18(15-11-13(12-22)7-8-17(15)25-20)23-16-6-4-3-5-14(16)9-10-21/h3-8,11,18-19,23-24H,9H2,1-2H3/t18-,19+/m0/s1. The summed E-state index contributed by atoms with van der Waals surface area (Å²) in [6.07, 6.45) is -0.555. The molecule has 0 saturated carbocycles. The van der Waals surface area contributed by atoms with Crippen molar-refractivity contribution in [1.29, 1.82) is 10.5 Å². The highest BCUT2D eigenvalue weighted by atomic mass is 16.5. The number of rotatable bonds is 3. The number of benzene rings is 2. The van der Waals surface area contributed by atoms with Crippen LogP contribution in [0.5, 0.6) is 5.75 Å². The number of fused-ring (bicyclic) bond motifs is 1. The second-order valence-electron chi connectivity index (χ2n) is 6.63. The Morgan fingerprint density at radius 2 is 1.96 bits per heavy atom. The lowest BCUT2D eigenvalue weighted by Gasteiger charge is -2.42. The highest BCUT2D eigenvalue weighted by Crippen LogP contribution is 2.42. The van der Waals surface area contributed by atoms with Crippen LogP contribution in [0, 0.1) is 22.7 Å². The topological polar surface area (TPSA) is 89.1 Å². The SMILES string of the molecule is CC1(C)Oc2ccc(C#N)cc2[C@H](Nc2ccccc2CC#N)[C@H]1O. The Bertz CT molecular complexity index is 877. The summed E-state index contributed by atoms with van der Waals surface area (Å²) < 4.78 is 5.92. The lowest BCUT2D eigenvalue weighted by Crippen LogP contribution is -2.50. The van der Waals surface area contributed by atoms with Crippen molar-refractivity contribution < 1.29 is 9.84 Å². The first kappa shape index (κ1) is 16.8. The number of aliphatic hydroxyl groups excluding tert-OH is 1. The number of hydrogen-bond acceptors (Lipinski definition) is 5. The van der Waals surface area contributed by atoms with E-state index in [0.717, 1.165) is 16.8 Å². The van der Waals surface area contributed by atoms with Crippen molar-refractivity contribution >= 4 is 5.69 Å². The number of ether oxygens (including phenoxy) is 1. The van der Waals surface area contributed by atoms with Gasteiger partial charge in [0.15, 0.2) is 0 Å². The van der Waals surface area contributed by atoms with Crippen LogP contribution in [0.15, 0.2) is 42.5 Å². The Balaban J connectivity index is 2.06. The van der Waals surface area contributed by atoms with E-state index in [1.54, 1.807) is 18.2 Å². The molecule has 1 aliphatic heterocycles. The molecule has 2 N–H and O–H groups in total. The third-order valence-electron chi connectivity index (χ3n) is 4.47. The number of aliphatic hydroxyl groups is 1. The molecular formula is C20H19N3O2. The van der Waals surface area contributed by atoms with Crippen LogP contribution in [0.4, 0.5) is 5.69 Å². The van der Waals surface area contributed by atoms with Crippen LogP contribution in [-0.2, 0) is 6.42 Å². The summed E-state index contributed by atoms with van der Waals surface area (Å²) in [4.78, 5) is 0. The molecule has 0 aliphatic carbocycles. The van der Waals surface area contributed by atoms with Gasteiger partial charge in [-0.05, 0) is 43.7 Å². The van der Waals surface area contributed by atoms with Gasteiger partial charge in [0.25, 0.3) is 0 Å². The highest BCUT2D eigenvalue weighted by molar-refractivity contribution is 5.56. The van der Waals surface area contributed by atoms with Gasteiger partial charge in [-0.2, -0.15) is 10.5 Å². The second-order valence-corrected chi connectivity index (χ2v) is 6.63. The molecule has 5 nitrogen and oxygen atoms in total. The van der Waals surface area contributed by atoms with Crippen molar-refractivity contribution in [3.05, 3.63) is 59.2 Å². The molecule has 0 radical (unpaired) electrons. The predicted octanol–water partition coefficient (Wildman–Crippen LogP) is 3.31. The molecule has 0 aromatic heterocycles. The predicted molar refractivity (Wildman–Crippen MR) is 94.0 cm³/mol. The van der Waals surface area contributed by atoms with Crippen LogP contribution in [0.1, 0.15) is 36.6 Å². The van der Waals surface area contributed by atoms with E-state index in [1.807, 2.05) is 38.1 Å².